The van der Waals surface area contributed by atoms with Gasteiger partial charge in [-0.05, 0) is 37.3 Å². The summed E-state index contributed by atoms with van der Waals surface area (Å²) in [5.41, 5.74) is 3.22. The topological polar surface area (TPSA) is 42.0 Å². The number of Topliss-reactive ketones (excluding diaryl/α,β-unsaturated/α-hetero) is 1. The lowest BCUT2D eigenvalue weighted by Gasteiger charge is -2.35. The number of benzene rings is 2. The Morgan fingerprint density at radius 3 is 2.44 bits per heavy atom. The summed E-state index contributed by atoms with van der Waals surface area (Å²) in [4.78, 5) is 17.1. The smallest absolute Gasteiger partial charge is 0.231 e. The number of carbonyl (C=O) groups is 1. The molecule has 1 saturated heterocycles. The summed E-state index contributed by atoms with van der Waals surface area (Å²) in [7, 11) is 0. The molecule has 0 bridgehead atoms. The van der Waals surface area contributed by atoms with Crippen LogP contribution in [-0.2, 0) is 0 Å². The van der Waals surface area contributed by atoms with Crippen LogP contribution >= 0.6 is 0 Å². The van der Waals surface area contributed by atoms with Gasteiger partial charge in [0.2, 0.25) is 6.79 Å². The lowest BCUT2D eigenvalue weighted by Crippen LogP contribution is -2.48. The first-order valence-corrected chi connectivity index (χ1v) is 8.66. The van der Waals surface area contributed by atoms with Gasteiger partial charge < -0.3 is 14.4 Å². The predicted molar refractivity (Wildman–Crippen MR) is 96.7 cm³/mol. The molecule has 0 radical (unpaired) electrons. The second kappa shape index (κ2) is 6.76. The van der Waals surface area contributed by atoms with Gasteiger partial charge in [0.15, 0.2) is 17.3 Å². The lowest BCUT2D eigenvalue weighted by atomic mass is 10.1. The van der Waals surface area contributed by atoms with Crippen molar-refractivity contribution in [2.24, 2.45) is 0 Å². The Bertz CT molecular complexity index is 765. The van der Waals surface area contributed by atoms with E-state index >= 15 is 0 Å². The molecule has 2 aliphatic heterocycles. The number of hydrogen-bond acceptors (Lipinski definition) is 5. The van der Waals surface area contributed by atoms with Gasteiger partial charge in [0.1, 0.15) is 0 Å². The standard InChI is InChI=1S/C20H22N2O3/c1-15-2-5-17(6-3-15)22-10-8-21(9-11-22)13-18(23)16-4-7-19-20(12-16)25-14-24-19/h2-7,12H,8-11,13-14H2,1H3. The molecule has 0 atom stereocenters. The summed E-state index contributed by atoms with van der Waals surface area (Å²) < 4.78 is 10.7. The van der Waals surface area contributed by atoms with Crippen LogP contribution in [0.2, 0.25) is 0 Å². The highest BCUT2D eigenvalue weighted by Gasteiger charge is 2.21. The third-order valence-corrected chi connectivity index (χ3v) is 4.83. The quantitative estimate of drug-likeness (QED) is 0.802. The molecule has 0 N–H and O–H groups in total. The minimum atomic E-state index is 0.127. The van der Waals surface area contributed by atoms with E-state index in [1.54, 1.807) is 6.07 Å². The average molecular weight is 338 g/mol. The number of fused-ring (bicyclic) bond motifs is 1. The Morgan fingerprint density at radius 1 is 0.960 bits per heavy atom. The number of rotatable bonds is 4. The number of nitrogens with zero attached hydrogens (tertiary/aromatic N) is 2. The Balaban J connectivity index is 1.34. The number of ketones is 1. The van der Waals surface area contributed by atoms with Gasteiger partial charge in [-0.1, -0.05) is 17.7 Å². The summed E-state index contributed by atoms with van der Waals surface area (Å²) in [5, 5.41) is 0. The van der Waals surface area contributed by atoms with Crippen molar-refractivity contribution in [2.45, 2.75) is 6.92 Å². The summed E-state index contributed by atoms with van der Waals surface area (Å²) in [6.07, 6.45) is 0. The molecule has 0 amide bonds. The lowest BCUT2D eigenvalue weighted by molar-refractivity contribution is 0.0926. The summed E-state index contributed by atoms with van der Waals surface area (Å²) in [6, 6.07) is 14.0. The van der Waals surface area contributed by atoms with Crippen molar-refractivity contribution in [2.75, 3.05) is 44.4 Å². The van der Waals surface area contributed by atoms with Crippen molar-refractivity contribution in [3.05, 3.63) is 53.6 Å². The van der Waals surface area contributed by atoms with E-state index in [-0.39, 0.29) is 12.6 Å². The number of piperazine rings is 1. The van der Waals surface area contributed by atoms with Crippen LogP contribution in [0.4, 0.5) is 5.69 Å². The van der Waals surface area contributed by atoms with Crippen molar-refractivity contribution in [1.82, 2.24) is 4.90 Å². The largest absolute Gasteiger partial charge is 0.454 e. The Morgan fingerprint density at radius 2 is 1.68 bits per heavy atom. The first kappa shape index (κ1) is 16.0. The number of hydrogen-bond donors (Lipinski definition) is 0. The molecule has 2 aliphatic rings. The fourth-order valence-corrected chi connectivity index (χ4v) is 3.28. The molecule has 2 heterocycles. The zero-order chi connectivity index (χ0) is 17.2. The highest BCUT2D eigenvalue weighted by molar-refractivity contribution is 5.98. The second-order valence-corrected chi connectivity index (χ2v) is 6.59. The van der Waals surface area contributed by atoms with Crippen molar-refractivity contribution < 1.29 is 14.3 Å². The van der Waals surface area contributed by atoms with Crippen LogP contribution in [0.1, 0.15) is 15.9 Å². The average Bonchev–Trinajstić information content (AvgIpc) is 3.11. The maximum atomic E-state index is 12.6. The van der Waals surface area contributed by atoms with Gasteiger partial charge in [-0.2, -0.15) is 0 Å². The second-order valence-electron chi connectivity index (χ2n) is 6.59. The van der Waals surface area contributed by atoms with Crippen LogP contribution in [0.3, 0.4) is 0 Å². The van der Waals surface area contributed by atoms with Crippen LogP contribution < -0.4 is 14.4 Å². The molecule has 130 valence electrons. The molecule has 25 heavy (non-hydrogen) atoms. The minimum Gasteiger partial charge on any atom is -0.454 e. The molecule has 0 unspecified atom stereocenters. The zero-order valence-electron chi connectivity index (χ0n) is 14.4. The molecule has 0 spiro atoms. The molecule has 0 aromatic heterocycles. The van der Waals surface area contributed by atoms with E-state index in [4.69, 9.17) is 9.47 Å². The van der Waals surface area contributed by atoms with E-state index < -0.39 is 0 Å². The molecule has 0 saturated carbocycles. The van der Waals surface area contributed by atoms with Crippen molar-refractivity contribution >= 4 is 11.5 Å². The number of ether oxygens (including phenoxy) is 2. The Labute approximate surface area is 147 Å². The van der Waals surface area contributed by atoms with Gasteiger partial charge in [0, 0.05) is 37.4 Å². The highest BCUT2D eigenvalue weighted by Crippen LogP contribution is 2.32. The predicted octanol–water partition coefficient (Wildman–Crippen LogP) is 2.73. The third kappa shape index (κ3) is 3.46. The van der Waals surface area contributed by atoms with Crippen LogP contribution in [0.25, 0.3) is 0 Å². The SMILES string of the molecule is Cc1ccc(N2CCN(CC(=O)c3ccc4c(c3)OCO4)CC2)cc1. The maximum Gasteiger partial charge on any atom is 0.231 e. The number of aryl methyl sites for hydroxylation is 1. The Kier molecular flexibility index (Phi) is 4.32. The highest BCUT2D eigenvalue weighted by atomic mass is 16.7. The van der Waals surface area contributed by atoms with Gasteiger partial charge in [-0.3, -0.25) is 9.69 Å². The minimum absolute atomic E-state index is 0.127. The van der Waals surface area contributed by atoms with E-state index in [0.717, 1.165) is 26.2 Å². The van der Waals surface area contributed by atoms with Crippen LogP contribution in [-0.4, -0.2) is 50.2 Å². The van der Waals surface area contributed by atoms with Crippen LogP contribution in [0.5, 0.6) is 11.5 Å². The van der Waals surface area contributed by atoms with Crippen LogP contribution in [0, 0.1) is 6.92 Å². The fraction of sp³-hybridized carbons (Fsp3) is 0.350. The molecule has 4 rings (SSSR count). The van der Waals surface area contributed by atoms with E-state index in [2.05, 4.69) is 41.0 Å². The molecular weight excluding hydrogens is 316 g/mol. The van der Waals surface area contributed by atoms with Gasteiger partial charge in [-0.25, -0.2) is 0 Å². The first-order chi connectivity index (χ1) is 12.2. The van der Waals surface area contributed by atoms with Gasteiger partial charge >= 0.3 is 0 Å². The van der Waals surface area contributed by atoms with Crippen LogP contribution in [0.15, 0.2) is 42.5 Å². The van der Waals surface area contributed by atoms with E-state index in [1.165, 1.54) is 11.3 Å². The molecule has 5 heteroatoms. The van der Waals surface area contributed by atoms with E-state index in [1.807, 2.05) is 12.1 Å². The van der Waals surface area contributed by atoms with Crippen molar-refractivity contribution in [1.29, 1.82) is 0 Å². The van der Waals surface area contributed by atoms with E-state index in [0.29, 0.717) is 23.6 Å². The Hall–Kier alpha value is -2.53. The molecule has 0 aliphatic carbocycles. The van der Waals surface area contributed by atoms with Crippen molar-refractivity contribution in [3.8, 4) is 11.5 Å². The fourth-order valence-electron chi connectivity index (χ4n) is 3.28. The molecule has 1 fully saturated rings. The monoisotopic (exact) mass is 338 g/mol. The summed E-state index contributed by atoms with van der Waals surface area (Å²) in [5.74, 6) is 1.50. The summed E-state index contributed by atoms with van der Waals surface area (Å²) >= 11 is 0. The number of anilines is 1. The summed E-state index contributed by atoms with van der Waals surface area (Å²) in [6.45, 7) is 6.45. The zero-order valence-corrected chi connectivity index (χ0v) is 14.4. The van der Waals surface area contributed by atoms with Crippen molar-refractivity contribution in [3.63, 3.8) is 0 Å². The molecule has 5 nitrogen and oxygen atoms in total. The van der Waals surface area contributed by atoms with Gasteiger partial charge in [0.25, 0.3) is 0 Å². The maximum absolute atomic E-state index is 12.6. The molecule has 2 aromatic rings. The van der Waals surface area contributed by atoms with Gasteiger partial charge in [0.05, 0.1) is 6.54 Å². The third-order valence-electron chi connectivity index (χ3n) is 4.83. The van der Waals surface area contributed by atoms with Gasteiger partial charge in [-0.15, -0.1) is 0 Å². The molecular formula is C20H22N2O3. The number of carbonyl (C=O) groups excluding carboxylic acids is 1. The first-order valence-electron chi connectivity index (χ1n) is 8.66. The molecule has 2 aromatic carbocycles. The van der Waals surface area contributed by atoms with E-state index in [9.17, 15) is 4.79 Å². The normalized spacial score (nSPS) is 16.9.